The largest absolute Gasteiger partial charge is 0.382 e. The predicted octanol–water partition coefficient (Wildman–Crippen LogP) is 3.73. The van der Waals surface area contributed by atoms with Crippen LogP contribution in [0.2, 0.25) is 0 Å². The zero-order valence-electron chi connectivity index (χ0n) is 19.3. The van der Waals surface area contributed by atoms with Crippen molar-refractivity contribution in [1.29, 1.82) is 0 Å². The molecule has 0 amide bonds. The van der Waals surface area contributed by atoms with Crippen LogP contribution in [0, 0.1) is 11.6 Å². The number of hydrogen-bond acceptors (Lipinski definition) is 6. The molecule has 0 bridgehead atoms. The van der Waals surface area contributed by atoms with Crippen LogP contribution in [-0.2, 0) is 11.8 Å². The van der Waals surface area contributed by atoms with E-state index in [1.54, 1.807) is 10.9 Å². The quantitative estimate of drug-likeness (QED) is 0.469. The summed E-state index contributed by atoms with van der Waals surface area (Å²) >= 11 is 0. The summed E-state index contributed by atoms with van der Waals surface area (Å²) < 4.78 is 36.2. The Labute approximate surface area is 201 Å². The van der Waals surface area contributed by atoms with Gasteiger partial charge in [-0.3, -0.25) is 9.67 Å². The topological polar surface area (TPSA) is 81.2 Å². The first-order valence-electron chi connectivity index (χ1n) is 11.7. The zero-order valence-corrected chi connectivity index (χ0v) is 19.3. The van der Waals surface area contributed by atoms with Crippen molar-refractivity contribution in [3.63, 3.8) is 0 Å². The van der Waals surface area contributed by atoms with Gasteiger partial charge in [0.1, 0.15) is 11.6 Å². The van der Waals surface area contributed by atoms with Gasteiger partial charge in [-0.15, -0.1) is 0 Å². The number of fused-ring (bicyclic) bond motifs is 2. The molecule has 180 valence electrons. The maximum absolute atomic E-state index is 14.2. The number of aromatic nitrogens is 3. The molecule has 0 spiro atoms. The predicted molar refractivity (Wildman–Crippen MR) is 132 cm³/mol. The molecule has 0 radical (unpaired) electrons. The van der Waals surface area contributed by atoms with E-state index in [1.807, 2.05) is 31.4 Å². The smallest absolute Gasteiger partial charge is 0.153 e. The van der Waals surface area contributed by atoms with Crippen LogP contribution >= 0.6 is 0 Å². The Balaban J connectivity index is 1.55. The summed E-state index contributed by atoms with van der Waals surface area (Å²) in [5, 5.41) is 8.70. The SMILES string of the molecule is Cn1cc(-c2ccc3ncc(-c4cc(F)cc(F)c4)c(N4CCC5NCCO[C@@H]5C4)c3c2)c(N)n1. The zero-order chi connectivity index (χ0) is 24.1. The van der Waals surface area contributed by atoms with Crippen LogP contribution in [0.4, 0.5) is 20.3 Å². The Kier molecular flexibility index (Phi) is 5.38. The van der Waals surface area contributed by atoms with Crippen molar-refractivity contribution in [2.24, 2.45) is 7.05 Å². The third-order valence-electron chi connectivity index (χ3n) is 6.90. The Morgan fingerprint density at radius 1 is 1.09 bits per heavy atom. The van der Waals surface area contributed by atoms with E-state index >= 15 is 0 Å². The van der Waals surface area contributed by atoms with Crippen molar-refractivity contribution < 1.29 is 13.5 Å². The minimum Gasteiger partial charge on any atom is -0.382 e. The van der Waals surface area contributed by atoms with Gasteiger partial charge in [0.25, 0.3) is 0 Å². The second kappa shape index (κ2) is 8.58. The minimum absolute atomic E-state index is 0.0370. The number of nitrogens with one attached hydrogen (secondary N) is 1. The molecule has 9 heteroatoms. The lowest BCUT2D eigenvalue weighted by molar-refractivity contribution is -0.00896. The lowest BCUT2D eigenvalue weighted by Crippen LogP contribution is -2.57. The Morgan fingerprint density at radius 2 is 1.91 bits per heavy atom. The highest BCUT2D eigenvalue weighted by Crippen LogP contribution is 2.40. The first-order valence-corrected chi connectivity index (χ1v) is 11.7. The molecule has 7 nitrogen and oxygen atoms in total. The van der Waals surface area contributed by atoms with Crippen molar-refractivity contribution >= 4 is 22.4 Å². The summed E-state index contributed by atoms with van der Waals surface area (Å²) in [6.45, 7) is 2.96. The number of morpholine rings is 1. The molecule has 6 rings (SSSR count). The van der Waals surface area contributed by atoms with Crippen LogP contribution in [0.1, 0.15) is 6.42 Å². The summed E-state index contributed by atoms with van der Waals surface area (Å²) in [5.41, 5.74) is 10.7. The number of piperidine rings is 1. The lowest BCUT2D eigenvalue weighted by atomic mass is 9.95. The van der Waals surface area contributed by atoms with E-state index in [2.05, 4.69) is 20.3 Å². The van der Waals surface area contributed by atoms with Gasteiger partial charge in [0, 0.05) is 67.7 Å². The fourth-order valence-corrected chi connectivity index (χ4v) is 5.31. The number of pyridine rings is 1. The number of anilines is 2. The van der Waals surface area contributed by atoms with E-state index in [4.69, 9.17) is 10.5 Å². The Bertz CT molecular complexity index is 1400. The molecule has 2 atom stereocenters. The highest BCUT2D eigenvalue weighted by molar-refractivity contribution is 6.02. The number of rotatable bonds is 3. The average molecular weight is 477 g/mol. The Morgan fingerprint density at radius 3 is 2.69 bits per heavy atom. The fourth-order valence-electron chi connectivity index (χ4n) is 5.31. The first-order chi connectivity index (χ1) is 17.0. The van der Waals surface area contributed by atoms with Gasteiger partial charge >= 0.3 is 0 Å². The average Bonchev–Trinajstić information content (AvgIpc) is 3.19. The van der Waals surface area contributed by atoms with Gasteiger partial charge < -0.3 is 20.7 Å². The monoisotopic (exact) mass is 476 g/mol. The summed E-state index contributed by atoms with van der Waals surface area (Å²) in [6, 6.07) is 9.84. The fraction of sp³-hybridized carbons (Fsp3) is 0.308. The third-order valence-corrected chi connectivity index (χ3v) is 6.90. The number of nitrogens with two attached hydrogens (primary N) is 1. The second-order valence-corrected chi connectivity index (χ2v) is 9.22. The highest BCUT2D eigenvalue weighted by Gasteiger charge is 2.33. The number of hydrogen-bond donors (Lipinski definition) is 2. The van der Waals surface area contributed by atoms with Crippen LogP contribution in [-0.4, -0.2) is 53.2 Å². The van der Waals surface area contributed by atoms with Gasteiger partial charge in [-0.2, -0.15) is 5.10 Å². The molecule has 2 aromatic heterocycles. The van der Waals surface area contributed by atoms with Crippen molar-refractivity contribution in [2.45, 2.75) is 18.6 Å². The van der Waals surface area contributed by atoms with Crippen LogP contribution in [0.25, 0.3) is 33.2 Å². The molecule has 35 heavy (non-hydrogen) atoms. The van der Waals surface area contributed by atoms with Gasteiger partial charge in [-0.05, 0) is 41.8 Å². The van der Waals surface area contributed by atoms with E-state index in [-0.39, 0.29) is 6.10 Å². The van der Waals surface area contributed by atoms with Gasteiger partial charge in [0.2, 0.25) is 0 Å². The normalized spacial score (nSPS) is 20.3. The molecule has 1 unspecified atom stereocenters. The number of ether oxygens (including phenoxy) is 1. The van der Waals surface area contributed by atoms with Crippen molar-refractivity contribution in [3.8, 4) is 22.3 Å². The number of aryl methyl sites for hydroxylation is 1. The molecular weight excluding hydrogens is 450 g/mol. The van der Waals surface area contributed by atoms with Gasteiger partial charge in [-0.25, -0.2) is 8.78 Å². The molecule has 4 heterocycles. The number of nitrogen functional groups attached to an aromatic ring is 1. The molecule has 2 aliphatic rings. The van der Waals surface area contributed by atoms with Crippen molar-refractivity contribution in [2.75, 3.05) is 36.9 Å². The molecule has 0 aliphatic carbocycles. The lowest BCUT2D eigenvalue weighted by Gasteiger charge is -2.43. The van der Waals surface area contributed by atoms with Gasteiger partial charge in [0.05, 0.1) is 23.9 Å². The minimum atomic E-state index is -0.624. The van der Waals surface area contributed by atoms with Crippen molar-refractivity contribution in [1.82, 2.24) is 20.1 Å². The molecule has 2 saturated heterocycles. The molecule has 4 aromatic rings. The summed E-state index contributed by atoms with van der Waals surface area (Å²) in [4.78, 5) is 6.91. The third kappa shape index (κ3) is 4.00. The first kappa shape index (κ1) is 21.9. The molecule has 0 saturated carbocycles. The summed E-state index contributed by atoms with van der Waals surface area (Å²) in [7, 11) is 1.83. The molecule has 2 fully saturated rings. The van der Waals surface area contributed by atoms with E-state index in [0.717, 1.165) is 53.3 Å². The van der Waals surface area contributed by atoms with Crippen LogP contribution < -0.4 is 16.0 Å². The number of halogens is 2. The van der Waals surface area contributed by atoms with Gasteiger partial charge in [-0.1, -0.05) is 6.07 Å². The number of nitrogens with zero attached hydrogens (tertiary/aromatic N) is 4. The van der Waals surface area contributed by atoms with Crippen LogP contribution in [0.15, 0.2) is 48.8 Å². The standard InChI is InChI=1S/C26H26F2N6O/c1-33-13-21(26(29)32-33)15-2-3-22-19(10-15)25(34-6-4-23-24(14-34)35-7-5-30-23)20(12-31-22)16-8-17(27)11-18(28)9-16/h2-3,8-13,23-24,30H,4-7,14H2,1H3,(H2,29,32)/t23?,24-/m1/s1. The van der Waals surface area contributed by atoms with Crippen LogP contribution in [0.3, 0.4) is 0 Å². The second-order valence-electron chi connectivity index (χ2n) is 9.22. The van der Waals surface area contributed by atoms with E-state index in [9.17, 15) is 8.78 Å². The summed E-state index contributed by atoms with van der Waals surface area (Å²) in [6.07, 6.45) is 4.52. The molecule has 3 N–H and O–H groups in total. The van der Waals surface area contributed by atoms with E-state index < -0.39 is 11.6 Å². The highest BCUT2D eigenvalue weighted by atomic mass is 19.1. The van der Waals surface area contributed by atoms with Crippen molar-refractivity contribution in [3.05, 3.63) is 60.4 Å². The summed E-state index contributed by atoms with van der Waals surface area (Å²) in [5.74, 6) is -0.810. The maximum Gasteiger partial charge on any atom is 0.153 e. The molecular formula is C26H26F2N6O. The number of benzene rings is 2. The Hall–Kier alpha value is -3.56. The maximum atomic E-state index is 14.2. The van der Waals surface area contributed by atoms with Gasteiger partial charge in [0.15, 0.2) is 5.82 Å². The molecule has 2 aliphatic heterocycles. The molecule has 2 aromatic carbocycles. The van der Waals surface area contributed by atoms with E-state index in [1.165, 1.54) is 12.1 Å². The van der Waals surface area contributed by atoms with Crippen LogP contribution in [0.5, 0.6) is 0 Å². The van der Waals surface area contributed by atoms with E-state index in [0.29, 0.717) is 36.1 Å².